The normalized spacial score (nSPS) is 29.1. The number of hydrogen-bond acceptors (Lipinski definition) is 11. The Bertz CT molecular complexity index is 1480. The van der Waals surface area contributed by atoms with Crippen LogP contribution in [0.2, 0.25) is 0 Å². The molecule has 1 aliphatic carbocycles. The van der Waals surface area contributed by atoms with Crippen LogP contribution in [-0.2, 0) is 33.4 Å². The lowest BCUT2D eigenvalue weighted by atomic mass is 9.80. The van der Waals surface area contributed by atoms with Crippen LogP contribution in [0, 0.1) is 29.6 Å². The Morgan fingerprint density at radius 3 is 2.32 bits per heavy atom. The highest BCUT2D eigenvalue weighted by Gasteiger charge is 2.53. The number of aldehydes is 1. The lowest BCUT2D eigenvalue weighted by Crippen LogP contribution is -2.60. The molecule has 3 fully saturated rings. The van der Waals surface area contributed by atoms with E-state index in [2.05, 4.69) is 0 Å². The Hall–Kier alpha value is -3.29. The first kappa shape index (κ1) is 48.1. The van der Waals surface area contributed by atoms with E-state index in [9.17, 15) is 39.3 Å². The van der Waals surface area contributed by atoms with Crippen LogP contribution in [0.15, 0.2) is 47.6 Å². The van der Waals surface area contributed by atoms with Crippen LogP contribution in [0.4, 0.5) is 0 Å². The number of carbonyl (C=O) groups is 5. The van der Waals surface area contributed by atoms with Crippen LogP contribution in [0.5, 0.6) is 0 Å². The van der Waals surface area contributed by atoms with Gasteiger partial charge in [-0.2, -0.15) is 0 Å². The fourth-order valence-electron chi connectivity index (χ4n) is 8.23. The molecule has 0 bridgehead atoms. The predicted molar refractivity (Wildman–Crippen MR) is 216 cm³/mol. The van der Waals surface area contributed by atoms with Crippen molar-refractivity contribution in [3.05, 3.63) is 47.6 Å². The van der Waals surface area contributed by atoms with E-state index in [1.54, 1.807) is 45.9 Å². The zero-order valence-electron chi connectivity index (χ0n) is 35.0. The molecule has 1 amide bonds. The number of hydrogen-bond donors (Lipinski definition) is 4. The highest BCUT2D eigenvalue weighted by molar-refractivity contribution is 6.39. The number of esters is 1. The molecule has 0 radical (unpaired) electrons. The van der Waals surface area contributed by atoms with Crippen molar-refractivity contribution in [1.82, 2.24) is 4.90 Å². The molecule has 12 heteroatoms. The average molecular weight is 800 g/mol. The van der Waals surface area contributed by atoms with Crippen LogP contribution in [0.3, 0.4) is 0 Å². The van der Waals surface area contributed by atoms with Gasteiger partial charge in [-0.25, -0.2) is 4.79 Å². The highest BCUT2D eigenvalue weighted by atomic mass is 16.6. The van der Waals surface area contributed by atoms with Gasteiger partial charge in [0, 0.05) is 31.2 Å². The van der Waals surface area contributed by atoms with Crippen molar-refractivity contribution >= 4 is 29.7 Å². The van der Waals surface area contributed by atoms with Gasteiger partial charge in [0.05, 0.1) is 18.3 Å². The summed E-state index contributed by atoms with van der Waals surface area (Å²) in [6.45, 7) is 10.6. The topological polar surface area (TPSA) is 188 Å². The Morgan fingerprint density at radius 2 is 1.65 bits per heavy atom. The maximum Gasteiger partial charge on any atom is 0.329 e. The number of aliphatic hydroxyl groups excluding tert-OH is 3. The molecule has 0 unspecified atom stereocenters. The van der Waals surface area contributed by atoms with Gasteiger partial charge >= 0.3 is 5.97 Å². The number of ether oxygens (including phenoxy) is 2. The summed E-state index contributed by atoms with van der Waals surface area (Å²) in [7, 11) is 0. The lowest BCUT2D eigenvalue weighted by molar-refractivity contribution is -0.265. The Kier molecular flexibility index (Phi) is 19.7. The zero-order chi connectivity index (χ0) is 42.3. The van der Waals surface area contributed by atoms with Gasteiger partial charge in [-0.1, -0.05) is 64.2 Å². The number of piperidine rings is 1. The van der Waals surface area contributed by atoms with Crippen LogP contribution in [0.1, 0.15) is 125 Å². The number of ketones is 2. The Labute approximate surface area is 339 Å². The number of aliphatic hydroxyl groups is 4. The van der Waals surface area contributed by atoms with Crippen LogP contribution in [0.25, 0.3) is 0 Å². The van der Waals surface area contributed by atoms with Crippen LogP contribution < -0.4 is 0 Å². The second-order valence-electron chi connectivity index (χ2n) is 17.1. The van der Waals surface area contributed by atoms with Crippen LogP contribution >= 0.6 is 0 Å². The number of Topliss-reactive ketones (excluding diaryl/α,β-unsaturated/α-hetero) is 2. The summed E-state index contributed by atoms with van der Waals surface area (Å²) in [6, 6.07) is -1.02. The monoisotopic (exact) mass is 799 g/mol. The summed E-state index contributed by atoms with van der Waals surface area (Å²) in [5, 5.41) is 41.7. The fraction of sp³-hybridized carbons (Fsp3) is 0.711. The maximum absolute atomic E-state index is 13.9. The number of carbonyl (C=O) groups excluding carboxylic acids is 5. The summed E-state index contributed by atoms with van der Waals surface area (Å²) in [6.07, 6.45) is 16.6. The standard InChI is InChI=1S/C45H69NO11/c1-29(24-32(4)40(51)28-48)12-8-7-9-13-31(3)39(50)26-37-21-16-34(6)45(55,57-37)42(52)43(53)46-23-11-10-14-38(46)44(54)56-41(22-15-30(2)27-47)33(5)25-35-17-19-36(49)20-18-35/h7-9,12-13,15,27,29,32-39,41,48-50,55H,10-11,14,16-26,28H2,1-6H3/b9-7+,12-8+,30-15+,31-13+/t29-,32-,33-,34-,35-,36-,37+,38+,39+,41+,45-/m1/s1. The van der Waals surface area contributed by atoms with Gasteiger partial charge in [-0.3, -0.25) is 19.2 Å². The van der Waals surface area contributed by atoms with Gasteiger partial charge in [0.25, 0.3) is 11.7 Å². The minimum Gasteiger partial charge on any atom is -0.460 e. The third-order valence-electron chi connectivity index (χ3n) is 12.2. The predicted octanol–water partition coefficient (Wildman–Crippen LogP) is 5.50. The molecule has 320 valence electrons. The molecule has 12 nitrogen and oxygen atoms in total. The van der Waals surface area contributed by atoms with E-state index in [1.165, 1.54) is 4.90 Å². The first-order valence-electron chi connectivity index (χ1n) is 21.1. The van der Waals surface area contributed by atoms with Crippen molar-refractivity contribution in [2.45, 2.75) is 161 Å². The molecular formula is C45H69NO11. The van der Waals surface area contributed by atoms with Crippen molar-refractivity contribution in [3.8, 4) is 0 Å². The van der Waals surface area contributed by atoms with E-state index in [4.69, 9.17) is 14.6 Å². The molecule has 3 aliphatic rings. The van der Waals surface area contributed by atoms with E-state index >= 15 is 0 Å². The average Bonchev–Trinajstić information content (AvgIpc) is 3.20. The summed E-state index contributed by atoms with van der Waals surface area (Å²) >= 11 is 0. The molecule has 0 spiro atoms. The van der Waals surface area contributed by atoms with Crippen molar-refractivity contribution in [3.63, 3.8) is 0 Å². The van der Waals surface area contributed by atoms with E-state index < -0.39 is 60.3 Å². The van der Waals surface area contributed by atoms with Gasteiger partial charge in [0.15, 0.2) is 5.78 Å². The summed E-state index contributed by atoms with van der Waals surface area (Å²) < 4.78 is 12.1. The number of likely N-dealkylation sites (tertiary alicyclic amines) is 1. The lowest BCUT2D eigenvalue weighted by Gasteiger charge is -2.42. The first-order valence-corrected chi connectivity index (χ1v) is 21.1. The number of nitrogens with zero attached hydrogens (tertiary/aromatic N) is 1. The van der Waals surface area contributed by atoms with Gasteiger partial charge in [0.2, 0.25) is 5.79 Å². The minimum absolute atomic E-state index is 0.0600. The molecule has 3 rings (SSSR count). The van der Waals surface area contributed by atoms with Gasteiger partial charge < -0.3 is 34.8 Å². The van der Waals surface area contributed by atoms with Crippen molar-refractivity contribution < 1.29 is 53.9 Å². The fourth-order valence-corrected chi connectivity index (χ4v) is 8.23. The Morgan fingerprint density at radius 1 is 0.947 bits per heavy atom. The van der Waals surface area contributed by atoms with E-state index in [0.717, 1.165) is 38.4 Å². The second kappa shape index (κ2) is 23.3. The van der Waals surface area contributed by atoms with Crippen molar-refractivity contribution in [2.24, 2.45) is 29.6 Å². The second-order valence-corrected chi connectivity index (χ2v) is 17.1. The third-order valence-corrected chi connectivity index (χ3v) is 12.2. The smallest absolute Gasteiger partial charge is 0.329 e. The molecule has 57 heavy (non-hydrogen) atoms. The largest absolute Gasteiger partial charge is 0.460 e. The Balaban J connectivity index is 1.65. The highest BCUT2D eigenvalue weighted by Crippen LogP contribution is 2.37. The molecule has 0 aromatic heterocycles. The maximum atomic E-state index is 13.9. The molecule has 2 aliphatic heterocycles. The van der Waals surface area contributed by atoms with Crippen molar-refractivity contribution in [1.29, 1.82) is 0 Å². The quantitative estimate of drug-likeness (QED) is 0.0401. The molecule has 1 saturated carbocycles. The first-order chi connectivity index (χ1) is 27.0. The third kappa shape index (κ3) is 14.5. The SMILES string of the molecule is C/C(C=O)=C\C[C@H](OC(=O)[C@@H]1CCCCN1C(=O)C(=O)[C@]1(O)O[C@H](C[C@H](O)/C(C)=C/C=C/C=C/[C@@H](C)C[C@@H](C)C(=O)CO)CC[C@H]1C)[C@H](C)C[C@H]1CC[C@H](O)CC1. The molecule has 9 atom stereocenters. The molecular weight excluding hydrogens is 730 g/mol. The van der Waals surface area contributed by atoms with Crippen molar-refractivity contribution in [2.75, 3.05) is 13.2 Å². The summed E-state index contributed by atoms with van der Waals surface area (Å²) in [4.78, 5) is 65.9. The van der Waals surface area contributed by atoms with Crippen LogP contribution in [-0.4, -0.2) is 104 Å². The molecule has 0 aromatic rings. The molecule has 4 N–H and O–H groups in total. The van der Waals surface area contributed by atoms with Gasteiger partial charge in [-0.05, 0) is 113 Å². The minimum atomic E-state index is -2.44. The molecule has 2 saturated heterocycles. The van der Waals surface area contributed by atoms with Gasteiger partial charge in [-0.15, -0.1) is 0 Å². The number of amides is 1. The van der Waals surface area contributed by atoms with E-state index in [0.29, 0.717) is 62.0 Å². The van der Waals surface area contributed by atoms with Gasteiger partial charge in [0.1, 0.15) is 25.0 Å². The zero-order valence-corrected chi connectivity index (χ0v) is 35.0. The summed E-state index contributed by atoms with van der Waals surface area (Å²) in [5.41, 5.74) is 1.16. The molecule has 0 aromatic carbocycles. The number of rotatable bonds is 20. The van der Waals surface area contributed by atoms with E-state index in [1.807, 2.05) is 32.1 Å². The number of allylic oxidation sites excluding steroid dienone is 6. The summed E-state index contributed by atoms with van der Waals surface area (Å²) in [5.74, 6) is -5.89. The van der Waals surface area contributed by atoms with E-state index in [-0.39, 0.29) is 42.6 Å². The molecule has 2 heterocycles.